The molecule has 1 aromatic carbocycles. The summed E-state index contributed by atoms with van der Waals surface area (Å²) in [6.07, 6.45) is -6.05. The molecule has 0 unspecified atom stereocenters. The zero-order valence-corrected chi connectivity index (χ0v) is 15.0. The van der Waals surface area contributed by atoms with Crippen LogP contribution in [0.1, 0.15) is 33.7 Å². The predicted octanol–water partition coefficient (Wildman–Crippen LogP) is 4.18. The summed E-state index contributed by atoms with van der Waals surface area (Å²) in [7, 11) is 0. The van der Waals surface area contributed by atoms with Gasteiger partial charge < -0.3 is 14.2 Å². The third kappa shape index (κ3) is 3.99. The first-order chi connectivity index (χ1) is 13.7. The van der Waals surface area contributed by atoms with Crippen LogP contribution in [-0.4, -0.2) is 23.7 Å². The van der Waals surface area contributed by atoms with E-state index in [0.29, 0.717) is 0 Å². The van der Waals surface area contributed by atoms with Gasteiger partial charge in [-0.05, 0) is 18.6 Å². The number of esters is 1. The third-order valence-corrected chi connectivity index (χ3v) is 4.06. The molecule has 0 saturated carbocycles. The van der Waals surface area contributed by atoms with Gasteiger partial charge in [-0.1, -0.05) is 18.2 Å². The van der Waals surface area contributed by atoms with Crippen LogP contribution < -0.4 is 4.74 Å². The molecule has 0 radical (unpaired) electrons. The summed E-state index contributed by atoms with van der Waals surface area (Å²) in [6, 6.07) is 6.35. The lowest BCUT2D eigenvalue weighted by molar-refractivity contribution is -0.137. The molecule has 0 fully saturated rings. The molecule has 29 heavy (non-hydrogen) atoms. The molecule has 10 heteroatoms. The highest BCUT2D eigenvalue weighted by molar-refractivity contribution is 6.02. The first-order valence-electron chi connectivity index (χ1n) is 8.32. The highest BCUT2D eigenvalue weighted by Crippen LogP contribution is 2.45. The van der Waals surface area contributed by atoms with E-state index in [0.717, 1.165) is 12.1 Å². The summed E-state index contributed by atoms with van der Waals surface area (Å²) in [5.41, 5.74) is -1.61. The minimum absolute atomic E-state index is 0.0752. The van der Waals surface area contributed by atoms with Crippen molar-refractivity contribution in [3.63, 3.8) is 0 Å². The van der Waals surface area contributed by atoms with E-state index in [2.05, 4.69) is 4.98 Å². The average molecular weight is 406 g/mol. The first kappa shape index (κ1) is 20.1. The van der Waals surface area contributed by atoms with Crippen LogP contribution in [0.5, 0.6) is 5.75 Å². The van der Waals surface area contributed by atoms with Gasteiger partial charge in [-0.3, -0.25) is 0 Å². The number of pyridine rings is 1. The maximum absolute atomic E-state index is 13.6. The number of halogens is 3. The Labute approximate surface area is 162 Å². The van der Waals surface area contributed by atoms with Crippen LogP contribution in [0.25, 0.3) is 11.1 Å². The number of nitrogens with zero attached hydrogens (tertiary/aromatic N) is 2. The number of aryl methyl sites for hydroxylation is 1. The number of fused-ring (bicyclic) bond motifs is 1. The number of carbonyl (C=O) groups excluding carboxylic acids is 2. The largest absolute Gasteiger partial charge is 0.513 e. The van der Waals surface area contributed by atoms with Crippen molar-refractivity contribution in [3.05, 3.63) is 46.8 Å². The van der Waals surface area contributed by atoms with Crippen molar-refractivity contribution in [2.45, 2.75) is 26.1 Å². The number of nitriles is 1. The number of aromatic nitrogens is 1. The van der Waals surface area contributed by atoms with Crippen LogP contribution in [0, 0.1) is 18.3 Å². The minimum atomic E-state index is -4.73. The number of alkyl halides is 3. The Morgan fingerprint density at radius 2 is 2.03 bits per heavy atom. The van der Waals surface area contributed by atoms with Gasteiger partial charge in [-0.25, -0.2) is 14.6 Å². The number of carbonyl (C=O) groups is 2. The maximum Gasteiger partial charge on any atom is 0.513 e. The topological polar surface area (TPSA) is 98.5 Å². The van der Waals surface area contributed by atoms with Crippen molar-refractivity contribution in [1.29, 1.82) is 5.26 Å². The Balaban J connectivity index is 2.20. The van der Waals surface area contributed by atoms with Gasteiger partial charge in [-0.15, -0.1) is 0 Å². The molecule has 0 saturated heterocycles. The summed E-state index contributed by atoms with van der Waals surface area (Å²) in [5, 5.41) is 8.50. The van der Waals surface area contributed by atoms with Crippen molar-refractivity contribution in [1.82, 2.24) is 4.98 Å². The number of rotatable bonds is 4. The van der Waals surface area contributed by atoms with E-state index in [9.17, 15) is 22.8 Å². The van der Waals surface area contributed by atoms with Gasteiger partial charge in [-0.2, -0.15) is 18.4 Å². The highest BCUT2D eigenvalue weighted by Gasteiger charge is 2.38. The highest BCUT2D eigenvalue weighted by atomic mass is 19.4. The van der Waals surface area contributed by atoms with Gasteiger partial charge in [0.1, 0.15) is 13.2 Å². The molecule has 150 valence electrons. The molecule has 7 nitrogen and oxygen atoms in total. The number of cyclic esters (lactones) is 1. The van der Waals surface area contributed by atoms with E-state index in [1.807, 2.05) is 0 Å². The van der Waals surface area contributed by atoms with Crippen LogP contribution in [0.4, 0.5) is 18.0 Å². The van der Waals surface area contributed by atoms with Gasteiger partial charge in [0, 0.05) is 5.56 Å². The summed E-state index contributed by atoms with van der Waals surface area (Å²) in [5.74, 6) is -1.22. The normalized spacial score (nSPS) is 12.7. The van der Waals surface area contributed by atoms with Crippen molar-refractivity contribution < 1.29 is 37.0 Å². The molecule has 0 amide bonds. The van der Waals surface area contributed by atoms with E-state index in [4.69, 9.17) is 19.5 Å². The van der Waals surface area contributed by atoms with E-state index in [1.165, 1.54) is 19.1 Å². The molecule has 0 N–H and O–H groups in total. The molecule has 0 bridgehead atoms. The summed E-state index contributed by atoms with van der Waals surface area (Å²) >= 11 is 0. The Hall–Kier alpha value is -3.61. The molecule has 3 rings (SSSR count). The number of hydrogen-bond acceptors (Lipinski definition) is 7. The summed E-state index contributed by atoms with van der Waals surface area (Å²) in [4.78, 5) is 28.3. The summed E-state index contributed by atoms with van der Waals surface area (Å²) < 4.78 is 55.5. The fourth-order valence-electron chi connectivity index (χ4n) is 2.90. The lowest BCUT2D eigenvalue weighted by atomic mass is 9.93. The fraction of sp³-hybridized carbons (Fsp3) is 0.263. The van der Waals surface area contributed by atoms with Crippen molar-refractivity contribution in [3.8, 4) is 22.9 Å². The van der Waals surface area contributed by atoms with Gasteiger partial charge >= 0.3 is 18.3 Å². The Morgan fingerprint density at radius 1 is 1.31 bits per heavy atom. The fourth-order valence-corrected chi connectivity index (χ4v) is 2.90. The van der Waals surface area contributed by atoms with Crippen LogP contribution in [0.2, 0.25) is 0 Å². The molecule has 0 atom stereocenters. The monoisotopic (exact) mass is 406 g/mol. The molecule has 2 heterocycles. The van der Waals surface area contributed by atoms with Crippen molar-refractivity contribution >= 4 is 12.1 Å². The molecular formula is C19H13F3N2O5. The zero-order valence-electron chi connectivity index (χ0n) is 15.0. The SMILES string of the molecule is Cc1nc2c(c(-c3ccccc3C(F)(F)F)c1OC(=O)OCCC#N)C(=O)OC2. The lowest BCUT2D eigenvalue weighted by Gasteiger charge is -2.18. The van der Waals surface area contributed by atoms with E-state index >= 15 is 0 Å². The molecule has 1 aromatic heterocycles. The Bertz CT molecular complexity index is 1030. The van der Waals surface area contributed by atoms with Gasteiger partial charge in [0.25, 0.3) is 0 Å². The van der Waals surface area contributed by atoms with E-state index in [1.54, 1.807) is 6.07 Å². The number of ether oxygens (including phenoxy) is 3. The molecule has 2 aromatic rings. The standard InChI is InChI=1S/C19H13F3N2O5/c1-10-16(29-18(26)27-8-4-7-23)14(15-13(24-10)9-28-17(15)25)11-5-2-3-6-12(11)19(20,21)22/h2-3,5-6H,4,8-9H2,1H3. The van der Waals surface area contributed by atoms with E-state index in [-0.39, 0.29) is 53.5 Å². The van der Waals surface area contributed by atoms with Gasteiger partial charge in [0.05, 0.1) is 35.0 Å². The summed E-state index contributed by atoms with van der Waals surface area (Å²) in [6.45, 7) is 0.951. The molecular weight excluding hydrogens is 393 g/mol. The minimum Gasteiger partial charge on any atom is -0.455 e. The zero-order chi connectivity index (χ0) is 21.2. The van der Waals surface area contributed by atoms with Crippen molar-refractivity contribution in [2.75, 3.05) is 6.61 Å². The van der Waals surface area contributed by atoms with Crippen LogP contribution in [-0.2, 0) is 22.3 Å². The lowest BCUT2D eigenvalue weighted by Crippen LogP contribution is -2.16. The molecule has 1 aliphatic rings. The first-order valence-corrected chi connectivity index (χ1v) is 8.32. The van der Waals surface area contributed by atoms with E-state index < -0.39 is 23.9 Å². The van der Waals surface area contributed by atoms with Gasteiger partial charge in [0.15, 0.2) is 5.75 Å². The quantitative estimate of drug-likeness (QED) is 0.555. The second-order valence-electron chi connectivity index (χ2n) is 5.95. The smallest absolute Gasteiger partial charge is 0.455 e. The van der Waals surface area contributed by atoms with Crippen LogP contribution in [0.3, 0.4) is 0 Å². The second-order valence-corrected chi connectivity index (χ2v) is 5.95. The Morgan fingerprint density at radius 3 is 2.72 bits per heavy atom. The third-order valence-electron chi connectivity index (χ3n) is 4.06. The van der Waals surface area contributed by atoms with Crippen LogP contribution >= 0.6 is 0 Å². The van der Waals surface area contributed by atoms with Gasteiger partial charge in [0.2, 0.25) is 0 Å². The second kappa shape index (κ2) is 7.79. The number of benzene rings is 1. The molecule has 0 aliphatic carbocycles. The maximum atomic E-state index is 13.6. The Kier molecular flexibility index (Phi) is 5.41. The van der Waals surface area contributed by atoms with Crippen LogP contribution in [0.15, 0.2) is 24.3 Å². The molecule has 1 aliphatic heterocycles. The number of hydrogen-bond donors (Lipinski definition) is 0. The molecule has 0 spiro atoms. The average Bonchev–Trinajstić information content (AvgIpc) is 3.02. The predicted molar refractivity (Wildman–Crippen MR) is 90.7 cm³/mol. The van der Waals surface area contributed by atoms with Crippen molar-refractivity contribution in [2.24, 2.45) is 0 Å².